The third-order valence-corrected chi connectivity index (χ3v) is 2.40. The molecule has 0 atom stereocenters. The summed E-state index contributed by atoms with van der Waals surface area (Å²) in [6, 6.07) is 7.60. The third kappa shape index (κ3) is 2.44. The van der Waals surface area contributed by atoms with Crippen LogP contribution in [0.1, 0.15) is 23.0 Å². The molecule has 1 aromatic heterocycles. The largest absolute Gasteiger partial charge is 0.431 e. The minimum atomic E-state index is -0.327. The number of nitrogens with two attached hydrogens (primary N) is 1. The van der Waals surface area contributed by atoms with Crippen molar-refractivity contribution < 1.29 is 9.21 Å². The Bertz CT molecular complexity index is 534. The van der Waals surface area contributed by atoms with Gasteiger partial charge in [-0.1, -0.05) is 25.1 Å². The van der Waals surface area contributed by atoms with Gasteiger partial charge in [-0.05, 0) is 18.1 Å². The second-order valence-corrected chi connectivity index (χ2v) is 3.54. The first-order valence-corrected chi connectivity index (χ1v) is 5.31. The molecule has 2 rings (SSSR count). The minimum Gasteiger partial charge on any atom is -0.431 e. The van der Waals surface area contributed by atoms with Crippen LogP contribution in [0.3, 0.4) is 0 Å². The summed E-state index contributed by atoms with van der Waals surface area (Å²) in [7, 11) is 0. The van der Waals surface area contributed by atoms with Crippen molar-refractivity contribution in [1.82, 2.24) is 4.98 Å². The average molecular weight is 231 g/mol. The lowest BCUT2D eigenvalue weighted by Crippen LogP contribution is -2.13. The number of rotatable bonds is 3. The summed E-state index contributed by atoms with van der Waals surface area (Å²) in [5.74, 6) is -0.327. The van der Waals surface area contributed by atoms with E-state index in [2.05, 4.69) is 10.3 Å². The fraction of sp³-hybridized carbons (Fsp3) is 0.167. The normalized spacial score (nSPS) is 10.2. The number of benzene rings is 1. The van der Waals surface area contributed by atoms with Gasteiger partial charge in [-0.15, -0.1) is 0 Å². The van der Waals surface area contributed by atoms with Crippen LogP contribution < -0.4 is 11.1 Å². The fourth-order valence-corrected chi connectivity index (χ4v) is 1.53. The molecule has 0 fully saturated rings. The predicted molar refractivity (Wildman–Crippen MR) is 64.7 cm³/mol. The van der Waals surface area contributed by atoms with E-state index >= 15 is 0 Å². The van der Waals surface area contributed by atoms with E-state index in [1.54, 1.807) is 0 Å². The summed E-state index contributed by atoms with van der Waals surface area (Å²) in [5, 5.41) is 2.77. The Morgan fingerprint density at radius 2 is 2.24 bits per heavy atom. The van der Waals surface area contributed by atoms with E-state index < -0.39 is 0 Å². The molecule has 1 amide bonds. The molecule has 0 unspecified atom stereocenters. The van der Waals surface area contributed by atoms with Gasteiger partial charge in [0.05, 0.1) is 0 Å². The van der Waals surface area contributed by atoms with Crippen LogP contribution in [0, 0.1) is 0 Å². The van der Waals surface area contributed by atoms with Crippen LogP contribution >= 0.6 is 0 Å². The van der Waals surface area contributed by atoms with Crippen molar-refractivity contribution in [2.24, 2.45) is 0 Å². The Morgan fingerprint density at radius 3 is 2.88 bits per heavy atom. The molecule has 0 saturated heterocycles. The number of anilines is 2. The number of para-hydroxylation sites is 1. The highest BCUT2D eigenvalue weighted by molar-refractivity contribution is 6.03. The Kier molecular flexibility index (Phi) is 3.09. The molecule has 5 heteroatoms. The van der Waals surface area contributed by atoms with Crippen molar-refractivity contribution in [3.8, 4) is 0 Å². The molecule has 0 bridgehead atoms. The molecule has 0 aliphatic heterocycles. The first-order chi connectivity index (χ1) is 8.20. The van der Waals surface area contributed by atoms with Crippen LogP contribution in [0.2, 0.25) is 0 Å². The highest BCUT2D eigenvalue weighted by Crippen LogP contribution is 2.16. The van der Waals surface area contributed by atoms with Crippen LogP contribution in [-0.4, -0.2) is 10.9 Å². The molecule has 0 aliphatic carbocycles. The first kappa shape index (κ1) is 11.2. The molecular formula is C12H13N3O2. The monoisotopic (exact) mass is 231 g/mol. The topological polar surface area (TPSA) is 81.2 Å². The molecule has 1 heterocycles. The van der Waals surface area contributed by atoms with Crippen LogP contribution in [0.25, 0.3) is 0 Å². The molecule has 88 valence electrons. The SMILES string of the molecule is CCc1ccccc1NC(=O)c1coc(N)n1. The maximum absolute atomic E-state index is 11.8. The van der Waals surface area contributed by atoms with Gasteiger partial charge in [0.15, 0.2) is 5.69 Å². The summed E-state index contributed by atoms with van der Waals surface area (Å²) in [4.78, 5) is 15.6. The zero-order chi connectivity index (χ0) is 12.3. The van der Waals surface area contributed by atoms with Crippen molar-refractivity contribution >= 4 is 17.6 Å². The Labute approximate surface area is 98.6 Å². The fourth-order valence-electron chi connectivity index (χ4n) is 1.53. The van der Waals surface area contributed by atoms with Gasteiger partial charge in [-0.2, -0.15) is 4.98 Å². The lowest BCUT2D eigenvalue weighted by Gasteiger charge is -2.07. The summed E-state index contributed by atoms with van der Waals surface area (Å²) >= 11 is 0. The van der Waals surface area contributed by atoms with Crippen LogP contribution in [0.4, 0.5) is 11.7 Å². The molecule has 2 aromatic rings. The average Bonchev–Trinajstić information content (AvgIpc) is 2.77. The molecule has 0 spiro atoms. The smallest absolute Gasteiger partial charge is 0.292 e. The number of oxazole rings is 1. The Hall–Kier alpha value is -2.30. The number of aryl methyl sites for hydroxylation is 1. The number of nitrogens with zero attached hydrogens (tertiary/aromatic N) is 1. The van der Waals surface area contributed by atoms with E-state index in [4.69, 9.17) is 10.2 Å². The maximum Gasteiger partial charge on any atom is 0.292 e. The quantitative estimate of drug-likeness (QED) is 0.847. The number of carbonyl (C=O) groups excluding carboxylic acids is 1. The predicted octanol–water partition coefficient (Wildman–Crippen LogP) is 2.07. The lowest BCUT2D eigenvalue weighted by molar-refractivity contribution is 0.102. The molecule has 17 heavy (non-hydrogen) atoms. The molecule has 1 aromatic carbocycles. The van der Waals surface area contributed by atoms with E-state index in [-0.39, 0.29) is 17.6 Å². The molecule has 0 radical (unpaired) electrons. The van der Waals surface area contributed by atoms with Gasteiger partial charge >= 0.3 is 0 Å². The zero-order valence-electron chi connectivity index (χ0n) is 9.43. The van der Waals surface area contributed by atoms with Gasteiger partial charge in [0.25, 0.3) is 11.9 Å². The number of hydrogen-bond donors (Lipinski definition) is 2. The van der Waals surface area contributed by atoms with Crippen molar-refractivity contribution in [2.45, 2.75) is 13.3 Å². The van der Waals surface area contributed by atoms with Crippen molar-refractivity contribution in [1.29, 1.82) is 0 Å². The summed E-state index contributed by atoms with van der Waals surface area (Å²) in [6.45, 7) is 2.03. The number of carbonyl (C=O) groups is 1. The highest BCUT2D eigenvalue weighted by atomic mass is 16.4. The van der Waals surface area contributed by atoms with E-state index in [0.717, 1.165) is 17.7 Å². The number of hydrogen-bond acceptors (Lipinski definition) is 4. The Balaban J connectivity index is 2.18. The first-order valence-electron chi connectivity index (χ1n) is 5.31. The van der Waals surface area contributed by atoms with Gasteiger partial charge in [-0.25, -0.2) is 0 Å². The van der Waals surface area contributed by atoms with Gasteiger partial charge in [0.1, 0.15) is 6.26 Å². The van der Waals surface area contributed by atoms with Crippen molar-refractivity contribution in [2.75, 3.05) is 11.1 Å². The van der Waals surface area contributed by atoms with Gasteiger partial charge in [0.2, 0.25) is 0 Å². The number of nitrogens with one attached hydrogen (secondary N) is 1. The number of amides is 1. The van der Waals surface area contributed by atoms with Crippen LogP contribution in [-0.2, 0) is 6.42 Å². The molecular weight excluding hydrogens is 218 g/mol. The van der Waals surface area contributed by atoms with E-state index in [1.165, 1.54) is 6.26 Å². The van der Waals surface area contributed by atoms with Crippen LogP contribution in [0.5, 0.6) is 0 Å². The second-order valence-electron chi connectivity index (χ2n) is 3.54. The maximum atomic E-state index is 11.8. The summed E-state index contributed by atoms with van der Waals surface area (Å²) in [6.07, 6.45) is 2.08. The van der Waals surface area contributed by atoms with E-state index in [1.807, 2.05) is 31.2 Å². The third-order valence-electron chi connectivity index (χ3n) is 2.40. The molecule has 0 saturated carbocycles. The molecule has 5 nitrogen and oxygen atoms in total. The van der Waals surface area contributed by atoms with Crippen LogP contribution in [0.15, 0.2) is 34.9 Å². The second kappa shape index (κ2) is 4.69. The number of aromatic nitrogens is 1. The summed E-state index contributed by atoms with van der Waals surface area (Å²) < 4.78 is 4.79. The van der Waals surface area contributed by atoms with Gasteiger partial charge in [-0.3, -0.25) is 4.79 Å². The summed E-state index contributed by atoms with van der Waals surface area (Å²) in [5.41, 5.74) is 7.33. The van der Waals surface area contributed by atoms with Gasteiger partial charge < -0.3 is 15.5 Å². The van der Waals surface area contributed by atoms with Gasteiger partial charge in [0, 0.05) is 5.69 Å². The number of nitrogen functional groups attached to an aromatic ring is 1. The molecule has 3 N–H and O–H groups in total. The lowest BCUT2D eigenvalue weighted by atomic mass is 10.1. The highest BCUT2D eigenvalue weighted by Gasteiger charge is 2.12. The molecule has 0 aliphatic rings. The minimum absolute atomic E-state index is 0.0149. The van der Waals surface area contributed by atoms with Crippen molar-refractivity contribution in [3.63, 3.8) is 0 Å². The van der Waals surface area contributed by atoms with Crippen molar-refractivity contribution in [3.05, 3.63) is 41.8 Å². The van der Waals surface area contributed by atoms with E-state index in [0.29, 0.717) is 0 Å². The standard InChI is InChI=1S/C12H13N3O2/c1-2-8-5-3-4-6-9(8)14-11(16)10-7-17-12(13)15-10/h3-7H,2H2,1H3,(H2,13,15)(H,14,16). The van der Waals surface area contributed by atoms with E-state index in [9.17, 15) is 4.79 Å². The zero-order valence-corrected chi connectivity index (χ0v) is 9.43. The Morgan fingerprint density at radius 1 is 1.47 bits per heavy atom.